The zero-order valence-electron chi connectivity index (χ0n) is 10.2. The van der Waals surface area contributed by atoms with Gasteiger partial charge in [-0.25, -0.2) is 0 Å². The molecular formula is C15H13N3O. The largest absolute Gasteiger partial charge is 0.399 e. The number of nitrogens with one attached hydrogen (secondary N) is 1. The van der Waals surface area contributed by atoms with Crippen molar-refractivity contribution in [1.29, 1.82) is 0 Å². The minimum Gasteiger partial charge on any atom is -0.399 e. The van der Waals surface area contributed by atoms with Gasteiger partial charge in [0.05, 0.1) is 0 Å². The summed E-state index contributed by atoms with van der Waals surface area (Å²) < 4.78 is 0. The molecule has 5 N–H and O–H groups in total. The number of terminal acetylenes is 1. The number of amides is 1. The molecule has 0 aromatic heterocycles. The molecule has 2 aromatic carbocycles. The number of nitrogens with two attached hydrogens (primary N) is 2. The van der Waals surface area contributed by atoms with Crippen molar-refractivity contribution in [2.24, 2.45) is 0 Å². The molecule has 4 nitrogen and oxygen atoms in total. The van der Waals surface area contributed by atoms with E-state index in [0.29, 0.717) is 22.6 Å². The topological polar surface area (TPSA) is 81.1 Å². The fraction of sp³-hybridized carbons (Fsp3) is 0. The molecule has 0 spiro atoms. The van der Waals surface area contributed by atoms with Crippen LogP contribution in [0.4, 0.5) is 17.1 Å². The number of hydrogen-bond acceptors (Lipinski definition) is 3. The van der Waals surface area contributed by atoms with E-state index in [-0.39, 0.29) is 5.91 Å². The monoisotopic (exact) mass is 251 g/mol. The van der Waals surface area contributed by atoms with E-state index >= 15 is 0 Å². The third-order valence-corrected chi connectivity index (χ3v) is 2.55. The van der Waals surface area contributed by atoms with Gasteiger partial charge in [0.2, 0.25) is 0 Å². The van der Waals surface area contributed by atoms with Crippen LogP contribution in [0, 0.1) is 12.3 Å². The molecule has 0 aliphatic carbocycles. The van der Waals surface area contributed by atoms with E-state index in [4.69, 9.17) is 17.9 Å². The minimum absolute atomic E-state index is 0.271. The molecule has 0 bridgehead atoms. The van der Waals surface area contributed by atoms with E-state index in [1.165, 1.54) is 0 Å². The van der Waals surface area contributed by atoms with Crippen molar-refractivity contribution in [2.45, 2.75) is 0 Å². The second-order valence-corrected chi connectivity index (χ2v) is 4.06. The highest BCUT2D eigenvalue weighted by atomic mass is 16.1. The number of carbonyl (C=O) groups is 1. The molecule has 0 atom stereocenters. The molecule has 19 heavy (non-hydrogen) atoms. The summed E-state index contributed by atoms with van der Waals surface area (Å²) in [7, 11) is 0. The second kappa shape index (κ2) is 5.15. The molecule has 94 valence electrons. The number of nitrogen functional groups attached to an aromatic ring is 2. The lowest BCUT2D eigenvalue weighted by Gasteiger charge is -2.07. The highest BCUT2D eigenvalue weighted by molar-refractivity contribution is 6.05. The van der Waals surface area contributed by atoms with E-state index < -0.39 is 0 Å². The Labute approximate surface area is 111 Å². The normalized spacial score (nSPS) is 9.63. The number of benzene rings is 2. The van der Waals surface area contributed by atoms with E-state index in [2.05, 4.69) is 11.2 Å². The fourth-order valence-electron chi connectivity index (χ4n) is 1.66. The lowest BCUT2D eigenvalue weighted by Crippen LogP contribution is -2.12. The second-order valence-electron chi connectivity index (χ2n) is 4.06. The number of carbonyl (C=O) groups excluding carboxylic acids is 1. The van der Waals surface area contributed by atoms with Gasteiger partial charge in [0.1, 0.15) is 0 Å². The van der Waals surface area contributed by atoms with Crippen molar-refractivity contribution >= 4 is 23.0 Å². The minimum atomic E-state index is -0.271. The predicted molar refractivity (Wildman–Crippen MR) is 77.6 cm³/mol. The van der Waals surface area contributed by atoms with Crippen LogP contribution >= 0.6 is 0 Å². The number of rotatable bonds is 2. The first kappa shape index (κ1) is 12.5. The first-order valence-electron chi connectivity index (χ1n) is 5.62. The van der Waals surface area contributed by atoms with Gasteiger partial charge in [-0.3, -0.25) is 4.79 Å². The Bertz CT molecular complexity index is 634. The van der Waals surface area contributed by atoms with Gasteiger partial charge in [0.25, 0.3) is 5.91 Å². The van der Waals surface area contributed by atoms with Crippen LogP contribution in [0.5, 0.6) is 0 Å². The van der Waals surface area contributed by atoms with E-state index in [0.717, 1.165) is 5.56 Å². The zero-order chi connectivity index (χ0) is 13.8. The summed E-state index contributed by atoms with van der Waals surface area (Å²) in [5.41, 5.74) is 14.0. The van der Waals surface area contributed by atoms with Crippen molar-refractivity contribution < 1.29 is 4.79 Å². The average Bonchev–Trinajstić information content (AvgIpc) is 2.38. The summed E-state index contributed by atoms with van der Waals surface area (Å²) in [6.07, 6.45) is 5.26. The van der Waals surface area contributed by atoms with Crippen LogP contribution < -0.4 is 16.8 Å². The van der Waals surface area contributed by atoms with Crippen molar-refractivity contribution in [2.75, 3.05) is 16.8 Å². The maximum atomic E-state index is 12.0. The molecule has 0 aliphatic heterocycles. The first-order valence-corrected chi connectivity index (χ1v) is 5.62. The molecule has 0 saturated carbocycles. The summed E-state index contributed by atoms with van der Waals surface area (Å²) >= 11 is 0. The Balaban J connectivity index is 2.18. The molecule has 2 rings (SSSR count). The summed E-state index contributed by atoms with van der Waals surface area (Å²) in [5.74, 6) is 2.24. The number of hydrogen-bond donors (Lipinski definition) is 3. The average molecular weight is 251 g/mol. The van der Waals surface area contributed by atoms with Crippen LogP contribution in [0.3, 0.4) is 0 Å². The smallest absolute Gasteiger partial charge is 0.255 e. The van der Waals surface area contributed by atoms with Gasteiger partial charge < -0.3 is 16.8 Å². The highest BCUT2D eigenvalue weighted by Crippen LogP contribution is 2.16. The predicted octanol–water partition coefficient (Wildman–Crippen LogP) is 2.08. The molecule has 0 heterocycles. The Morgan fingerprint density at radius 2 is 1.63 bits per heavy atom. The lowest BCUT2D eigenvalue weighted by atomic mass is 10.1. The van der Waals surface area contributed by atoms with E-state index in [1.54, 1.807) is 42.5 Å². The molecule has 0 saturated heterocycles. The van der Waals surface area contributed by atoms with Gasteiger partial charge in [-0.05, 0) is 42.5 Å². The summed E-state index contributed by atoms with van der Waals surface area (Å²) in [6, 6.07) is 11.7. The van der Waals surface area contributed by atoms with Crippen molar-refractivity contribution in [3.8, 4) is 12.3 Å². The van der Waals surface area contributed by atoms with Crippen LogP contribution in [0.15, 0.2) is 42.5 Å². The van der Waals surface area contributed by atoms with Gasteiger partial charge in [-0.15, -0.1) is 6.42 Å². The number of anilines is 3. The molecule has 0 radical (unpaired) electrons. The van der Waals surface area contributed by atoms with Crippen LogP contribution in [0.25, 0.3) is 0 Å². The third-order valence-electron chi connectivity index (χ3n) is 2.55. The molecule has 2 aromatic rings. The van der Waals surface area contributed by atoms with Crippen LogP contribution in [0.2, 0.25) is 0 Å². The van der Waals surface area contributed by atoms with Gasteiger partial charge in [-0.1, -0.05) is 5.92 Å². The summed E-state index contributed by atoms with van der Waals surface area (Å²) in [5, 5.41) is 2.75. The van der Waals surface area contributed by atoms with Crippen LogP contribution in [-0.4, -0.2) is 5.91 Å². The molecular weight excluding hydrogens is 238 g/mol. The van der Waals surface area contributed by atoms with Crippen molar-refractivity contribution in [1.82, 2.24) is 0 Å². The first-order chi connectivity index (χ1) is 9.08. The van der Waals surface area contributed by atoms with E-state index in [1.807, 2.05) is 0 Å². The van der Waals surface area contributed by atoms with Gasteiger partial charge in [-0.2, -0.15) is 0 Å². The van der Waals surface area contributed by atoms with Gasteiger partial charge in [0.15, 0.2) is 0 Å². The Morgan fingerprint density at radius 1 is 1.05 bits per heavy atom. The Hall–Kier alpha value is -2.93. The zero-order valence-corrected chi connectivity index (χ0v) is 10.2. The molecule has 4 heteroatoms. The molecule has 0 fully saturated rings. The lowest BCUT2D eigenvalue weighted by molar-refractivity contribution is 0.102. The SMILES string of the molecule is C#Cc1ccc(NC(=O)c2cc(N)cc(N)c2)cc1. The van der Waals surface area contributed by atoms with Crippen molar-refractivity contribution in [3.05, 3.63) is 53.6 Å². The molecule has 0 unspecified atom stereocenters. The van der Waals surface area contributed by atoms with Crippen LogP contribution in [-0.2, 0) is 0 Å². The summed E-state index contributed by atoms with van der Waals surface area (Å²) in [4.78, 5) is 12.0. The quantitative estimate of drug-likeness (QED) is 0.564. The van der Waals surface area contributed by atoms with Gasteiger partial charge in [0, 0.05) is 28.2 Å². The Morgan fingerprint density at radius 3 is 2.16 bits per heavy atom. The third kappa shape index (κ3) is 3.05. The van der Waals surface area contributed by atoms with Crippen LogP contribution in [0.1, 0.15) is 15.9 Å². The molecule has 1 amide bonds. The Kier molecular flexibility index (Phi) is 3.39. The standard InChI is InChI=1S/C15H13N3O/c1-2-10-3-5-14(6-4-10)18-15(19)11-7-12(16)9-13(17)8-11/h1,3-9H,16-17H2,(H,18,19). The summed E-state index contributed by atoms with van der Waals surface area (Å²) in [6.45, 7) is 0. The van der Waals surface area contributed by atoms with E-state index in [9.17, 15) is 4.79 Å². The maximum Gasteiger partial charge on any atom is 0.255 e. The highest BCUT2D eigenvalue weighted by Gasteiger charge is 2.07. The maximum absolute atomic E-state index is 12.0. The molecule has 0 aliphatic rings. The van der Waals surface area contributed by atoms with Crippen molar-refractivity contribution in [3.63, 3.8) is 0 Å². The fourth-order valence-corrected chi connectivity index (χ4v) is 1.66. The van der Waals surface area contributed by atoms with Gasteiger partial charge >= 0.3 is 0 Å².